The molecule has 1 aliphatic heterocycles. The van der Waals surface area contributed by atoms with Crippen LogP contribution in [0.2, 0.25) is 0 Å². The number of unbranched alkanes of at least 4 members (excludes halogenated alkanes) is 1. The zero-order valence-corrected chi connectivity index (χ0v) is 8.88. The van der Waals surface area contributed by atoms with E-state index in [0.29, 0.717) is 5.57 Å². The zero-order chi connectivity index (χ0) is 10.6. The lowest BCUT2D eigenvalue weighted by molar-refractivity contribution is -0.138. The van der Waals surface area contributed by atoms with Gasteiger partial charge in [0.1, 0.15) is 0 Å². The Morgan fingerprint density at radius 2 is 2.29 bits per heavy atom. The van der Waals surface area contributed by atoms with E-state index in [0.717, 1.165) is 32.3 Å². The molecule has 1 unspecified atom stereocenters. The summed E-state index contributed by atoms with van der Waals surface area (Å²) >= 11 is 0. The zero-order valence-electron chi connectivity index (χ0n) is 8.88. The van der Waals surface area contributed by atoms with Crippen molar-refractivity contribution in [1.82, 2.24) is 0 Å². The highest BCUT2D eigenvalue weighted by Crippen LogP contribution is 2.30. The van der Waals surface area contributed by atoms with Gasteiger partial charge >= 0.3 is 5.97 Å². The molecule has 0 bridgehead atoms. The summed E-state index contributed by atoms with van der Waals surface area (Å²) in [6, 6.07) is 0. The van der Waals surface area contributed by atoms with Gasteiger partial charge < -0.3 is 9.84 Å². The topological polar surface area (TPSA) is 46.5 Å². The Labute approximate surface area is 84.8 Å². The Kier molecular flexibility index (Phi) is 3.69. The van der Waals surface area contributed by atoms with Gasteiger partial charge in [-0.2, -0.15) is 0 Å². The molecule has 1 N–H and O–H groups in total. The second-order valence-corrected chi connectivity index (χ2v) is 4.13. The van der Waals surface area contributed by atoms with Crippen molar-refractivity contribution >= 4 is 5.97 Å². The van der Waals surface area contributed by atoms with Crippen molar-refractivity contribution in [2.45, 2.75) is 45.1 Å². The first kappa shape index (κ1) is 11.2. The molecular weight excluding hydrogens is 180 g/mol. The van der Waals surface area contributed by atoms with Crippen LogP contribution in [0.5, 0.6) is 0 Å². The van der Waals surface area contributed by atoms with Crippen molar-refractivity contribution in [2.75, 3.05) is 6.61 Å². The van der Waals surface area contributed by atoms with Gasteiger partial charge in [-0.05, 0) is 39.5 Å². The smallest absolute Gasteiger partial charge is 0.330 e. The number of carboxylic acid groups (broad SMARTS) is 1. The first-order chi connectivity index (χ1) is 6.53. The Balaban J connectivity index is 2.15. The van der Waals surface area contributed by atoms with Crippen molar-refractivity contribution in [2.24, 2.45) is 0 Å². The molecule has 0 amide bonds. The average Bonchev–Trinajstić information content (AvgIpc) is 2.09. The van der Waals surface area contributed by atoms with Crippen molar-refractivity contribution in [1.29, 1.82) is 0 Å². The van der Waals surface area contributed by atoms with Crippen molar-refractivity contribution in [3.05, 3.63) is 11.6 Å². The molecule has 0 radical (unpaired) electrons. The highest BCUT2D eigenvalue weighted by molar-refractivity contribution is 5.85. The van der Waals surface area contributed by atoms with Crippen LogP contribution in [0.25, 0.3) is 0 Å². The summed E-state index contributed by atoms with van der Waals surface area (Å²) in [4.78, 5) is 10.5. The SMILES string of the molecule is CC(=CCCCC1(C)CCO1)C(=O)O. The van der Waals surface area contributed by atoms with Crippen LogP contribution in [0, 0.1) is 0 Å². The van der Waals surface area contributed by atoms with E-state index >= 15 is 0 Å². The maximum absolute atomic E-state index is 10.5. The molecule has 1 aliphatic rings. The van der Waals surface area contributed by atoms with Gasteiger partial charge in [-0.15, -0.1) is 0 Å². The van der Waals surface area contributed by atoms with Gasteiger partial charge in [-0.25, -0.2) is 4.79 Å². The van der Waals surface area contributed by atoms with Crippen LogP contribution in [-0.2, 0) is 9.53 Å². The van der Waals surface area contributed by atoms with Crippen LogP contribution in [0.1, 0.15) is 39.5 Å². The minimum absolute atomic E-state index is 0.0744. The third kappa shape index (κ3) is 3.14. The maximum atomic E-state index is 10.5. The van der Waals surface area contributed by atoms with Crippen molar-refractivity contribution in [3.8, 4) is 0 Å². The molecule has 1 atom stereocenters. The number of allylic oxidation sites excluding steroid dienone is 1. The van der Waals surface area contributed by atoms with E-state index in [4.69, 9.17) is 9.84 Å². The third-order valence-electron chi connectivity index (χ3n) is 2.78. The highest BCUT2D eigenvalue weighted by Gasteiger charge is 2.31. The average molecular weight is 198 g/mol. The molecule has 3 heteroatoms. The summed E-state index contributed by atoms with van der Waals surface area (Å²) in [6.07, 6.45) is 5.77. The third-order valence-corrected chi connectivity index (χ3v) is 2.78. The second-order valence-electron chi connectivity index (χ2n) is 4.13. The molecule has 0 saturated carbocycles. The lowest BCUT2D eigenvalue weighted by atomic mass is 9.91. The van der Waals surface area contributed by atoms with E-state index in [2.05, 4.69) is 6.92 Å². The molecule has 0 aromatic rings. The lowest BCUT2D eigenvalue weighted by Gasteiger charge is -2.38. The molecule has 1 rings (SSSR count). The molecule has 0 aromatic heterocycles. The molecule has 1 saturated heterocycles. The van der Waals surface area contributed by atoms with Crippen LogP contribution in [0.3, 0.4) is 0 Å². The predicted molar refractivity (Wildman–Crippen MR) is 54.2 cm³/mol. The Hall–Kier alpha value is -0.830. The van der Waals surface area contributed by atoms with Crippen LogP contribution in [0.15, 0.2) is 11.6 Å². The number of carboxylic acids is 1. The molecule has 1 fully saturated rings. The number of carbonyl (C=O) groups is 1. The standard InChI is InChI=1S/C11H18O3/c1-9(10(12)13)5-3-4-6-11(2)7-8-14-11/h5H,3-4,6-8H2,1-2H3,(H,12,13). The van der Waals surface area contributed by atoms with Gasteiger partial charge in [-0.3, -0.25) is 0 Å². The molecule has 14 heavy (non-hydrogen) atoms. The van der Waals surface area contributed by atoms with Crippen LogP contribution in [-0.4, -0.2) is 23.3 Å². The predicted octanol–water partition coefficient (Wildman–Crippen LogP) is 2.37. The highest BCUT2D eigenvalue weighted by atomic mass is 16.5. The van der Waals surface area contributed by atoms with E-state index < -0.39 is 5.97 Å². The summed E-state index contributed by atoms with van der Waals surface area (Å²) in [5.41, 5.74) is 0.509. The summed E-state index contributed by atoms with van der Waals surface area (Å²) in [5, 5.41) is 8.61. The largest absolute Gasteiger partial charge is 0.478 e. The van der Waals surface area contributed by atoms with Gasteiger partial charge in [0.2, 0.25) is 0 Å². The number of hydrogen-bond donors (Lipinski definition) is 1. The van der Waals surface area contributed by atoms with Crippen LogP contribution >= 0.6 is 0 Å². The van der Waals surface area contributed by atoms with E-state index in [1.165, 1.54) is 0 Å². The Morgan fingerprint density at radius 1 is 1.64 bits per heavy atom. The Morgan fingerprint density at radius 3 is 2.71 bits per heavy atom. The Bertz CT molecular complexity index is 239. The molecule has 3 nitrogen and oxygen atoms in total. The fourth-order valence-corrected chi connectivity index (χ4v) is 1.53. The van der Waals surface area contributed by atoms with Crippen LogP contribution < -0.4 is 0 Å². The molecule has 80 valence electrons. The van der Waals surface area contributed by atoms with Crippen molar-refractivity contribution in [3.63, 3.8) is 0 Å². The number of aliphatic carboxylic acids is 1. The van der Waals surface area contributed by atoms with Gasteiger partial charge in [-0.1, -0.05) is 6.08 Å². The number of hydrogen-bond acceptors (Lipinski definition) is 2. The molecule has 0 aliphatic carbocycles. The fourth-order valence-electron chi connectivity index (χ4n) is 1.53. The van der Waals surface area contributed by atoms with Crippen molar-refractivity contribution < 1.29 is 14.6 Å². The number of ether oxygens (including phenoxy) is 1. The first-order valence-electron chi connectivity index (χ1n) is 5.07. The number of rotatable bonds is 5. The van der Waals surface area contributed by atoms with Gasteiger partial charge in [0.15, 0.2) is 0 Å². The quantitative estimate of drug-likeness (QED) is 0.545. The minimum atomic E-state index is -0.823. The molecule has 0 aromatic carbocycles. The summed E-state index contributed by atoms with van der Waals surface area (Å²) < 4.78 is 5.44. The van der Waals surface area contributed by atoms with E-state index in [1.807, 2.05) is 0 Å². The van der Waals surface area contributed by atoms with E-state index in [1.54, 1.807) is 13.0 Å². The summed E-state index contributed by atoms with van der Waals surface area (Å²) in [7, 11) is 0. The summed E-state index contributed by atoms with van der Waals surface area (Å²) in [6.45, 7) is 4.62. The normalized spacial score (nSPS) is 27.1. The van der Waals surface area contributed by atoms with E-state index in [-0.39, 0.29) is 5.60 Å². The van der Waals surface area contributed by atoms with Gasteiger partial charge in [0, 0.05) is 5.57 Å². The van der Waals surface area contributed by atoms with Crippen LogP contribution in [0.4, 0.5) is 0 Å². The molecular formula is C11H18O3. The second kappa shape index (κ2) is 4.60. The van der Waals surface area contributed by atoms with E-state index in [9.17, 15) is 4.79 Å². The minimum Gasteiger partial charge on any atom is -0.478 e. The van der Waals surface area contributed by atoms with Gasteiger partial charge in [0.25, 0.3) is 0 Å². The molecule has 0 spiro atoms. The lowest BCUT2D eigenvalue weighted by Crippen LogP contribution is -2.40. The monoisotopic (exact) mass is 198 g/mol. The fraction of sp³-hybridized carbons (Fsp3) is 0.727. The van der Waals surface area contributed by atoms with Gasteiger partial charge in [0.05, 0.1) is 12.2 Å². The summed E-state index contributed by atoms with van der Waals surface area (Å²) in [5.74, 6) is -0.823. The maximum Gasteiger partial charge on any atom is 0.330 e. The first-order valence-corrected chi connectivity index (χ1v) is 5.07. The molecule has 1 heterocycles.